The minimum atomic E-state index is -0.0406. The Hall–Kier alpha value is -1.62. The van der Waals surface area contributed by atoms with Crippen molar-refractivity contribution in [2.75, 3.05) is 18.4 Å². The van der Waals surface area contributed by atoms with Crippen LogP contribution in [0.3, 0.4) is 0 Å². The number of aliphatic imine (C=N–C) groups is 1. The van der Waals surface area contributed by atoms with Crippen LogP contribution in [0.2, 0.25) is 0 Å². The minimum absolute atomic E-state index is 0. The number of anilines is 1. The van der Waals surface area contributed by atoms with Gasteiger partial charge in [-0.25, -0.2) is 4.99 Å². The summed E-state index contributed by atoms with van der Waals surface area (Å²) in [6.07, 6.45) is 2.10. The molecule has 0 spiro atoms. The van der Waals surface area contributed by atoms with E-state index < -0.39 is 0 Å². The molecule has 1 aromatic carbocycles. The predicted molar refractivity (Wildman–Crippen MR) is 124 cm³/mol. The van der Waals surface area contributed by atoms with Gasteiger partial charge in [-0.05, 0) is 37.6 Å². The summed E-state index contributed by atoms with van der Waals surface area (Å²) in [6.45, 7) is 5.74. The summed E-state index contributed by atoms with van der Waals surface area (Å²) in [7, 11) is 1.89. The van der Waals surface area contributed by atoms with Crippen LogP contribution in [0, 0.1) is 6.92 Å². The van der Waals surface area contributed by atoms with Crippen molar-refractivity contribution in [1.29, 1.82) is 0 Å². The lowest BCUT2D eigenvalue weighted by Crippen LogP contribution is -2.38. The molecule has 0 saturated carbocycles. The van der Waals surface area contributed by atoms with E-state index in [2.05, 4.69) is 42.0 Å². The molecule has 0 radical (unpaired) electrons. The third kappa shape index (κ3) is 7.87. The fourth-order valence-electron chi connectivity index (χ4n) is 2.29. The molecule has 0 aliphatic carbocycles. The number of rotatable bonds is 7. The number of guanidine groups is 1. The molecule has 0 bridgehead atoms. The molecule has 1 amide bonds. The Morgan fingerprint density at radius 2 is 2.07 bits per heavy atom. The van der Waals surface area contributed by atoms with Crippen molar-refractivity contribution in [2.45, 2.75) is 26.8 Å². The van der Waals surface area contributed by atoms with Gasteiger partial charge in [0.15, 0.2) is 5.96 Å². The SMILES string of the molecule is CCNC(=NCc1ccnn1C)NCCC(=O)Nc1cc(Br)ccc1C.I. The summed E-state index contributed by atoms with van der Waals surface area (Å²) in [5.41, 5.74) is 2.87. The largest absolute Gasteiger partial charge is 0.357 e. The van der Waals surface area contributed by atoms with Crippen molar-refractivity contribution >= 4 is 57.5 Å². The van der Waals surface area contributed by atoms with Crippen LogP contribution in [0.15, 0.2) is 39.9 Å². The summed E-state index contributed by atoms with van der Waals surface area (Å²) in [5.74, 6) is 0.640. The summed E-state index contributed by atoms with van der Waals surface area (Å²) >= 11 is 3.42. The number of amides is 1. The number of nitrogens with one attached hydrogen (secondary N) is 3. The van der Waals surface area contributed by atoms with Gasteiger partial charge in [0.25, 0.3) is 0 Å². The number of hydrogen-bond acceptors (Lipinski definition) is 3. The van der Waals surface area contributed by atoms with Gasteiger partial charge in [0.1, 0.15) is 0 Å². The fourth-order valence-corrected chi connectivity index (χ4v) is 2.66. The van der Waals surface area contributed by atoms with Gasteiger partial charge in [0.2, 0.25) is 5.91 Å². The summed E-state index contributed by atoms with van der Waals surface area (Å²) in [5, 5.41) is 13.4. The average Bonchev–Trinajstić information content (AvgIpc) is 3.01. The van der Waals surface area contributed by atoms with Crippen molar-refractivity contribution in [3.05, 3.63) is 46.2 Å². The van der Waals surface area contributed by atoms with Crippen molar-refractivity contribution in [3.8, 4) is 0 Å². The molecule has 0 unspecified atom stereocenters. The van der Waals surface area contributed by atoms with Crippen LogP contribution in [0.1, 0.15) is 24.6 Å². The van der Waals surface area contributed by atoms with E-state index in [1.54, 1.807) is 10.9 Å². The Kier molecular flexibility index (Phi) is 10.4. The van der Waals surface area contributed by atoms with Crippen molar-refractivity contribution in [1.82, 2.24) is 20.4 Å². The lowest BCUT2D eigenvalue weighted by atomic mass is 10.2. The molecule has 7 nitrogen and oxygen atoms in total. The van der Waals surface area contributed by atoms with Gasteiger partial charge in [0.05, 0.1) is 12.2 Å². The van der Waals surface area contributed by atoms with Gasteiger partial charge in [-0.15, -0.1) is 24.0 Å². The van der Waals surface area contributed by atoms with Crippen LogP contribution in [-0.4, -0.2) is 34.7 Å². The first-order valence-electron chi connectivity index (χ1n) is 8.54. The van der Waals surface area contributed by atoms with Gasteiger partial charge in [0, 0.05) is 42.9 Å². The molecular formula is C18H26BrIN6O. The quantitative estimate of drug-likeness (QED) is 0.282. The number of halogens is 2. The zero-order valence-electron chi connectivity index (χ0n) is 15.8. The lowest BCUT2D eigenvalue weighted by Gasteiger charge is -2.12. The van der Waals surface area contributed by atoms with Crippen LogP contribution in [0.5, 0.6) is 0 Å². The monoisotopic (exact) mass is 548 g/mol. The number of carbonyl (C=O) groups excluding carboxylic acids is 1. The van der Waals surface area contributed by atoms with E-state index in [1.165, 1.54) is 0 Å². The summed E-state index contributed by atoms with van der Waals surface area (Å²) in [4.78, 5) is 16.7. The molecule has 0 fully saturated rings. The maximum Gasteiger partial charge on any atom is 0.226 e. The van der Waals surface area contributed by atoms with E-state index in [0.29, 0.717) is 25.5 Å². The number of hydrogen-bond donors (Lipinski definition) is 3. The highest BCUT2D eigenvalue weighted by Crippen LogP contribution is 2.20. The highest BCUT2D eigenvalue weighted by Gasteiger charge is 2.06. The highest BCUT2D eigenvalue weighted by atomic mass is 127. The Balaban J connectivity index is 0.00000364. The van der Waals surface area contributed by atoms with Gasteiger partial charge in [-0.1, -0.05) is 22.0 Å². The molecule has 0 atom stereocenters. The van der Waals surface area contributed by atoms with E-state index in [9.17, 15) is 4.79 Å². The Morgan fingerprint density at radius 3 is 2.74 bits per heavy atom. The fraction of sp³-hybridized carbons (Fsp3) is 0.389. The summed E-state index contributed by atoms with van der Waals surface area (Å²) in [6, 6.07) is 7.75. The van der Waals surface area contributed by atoms with E-state index in [1.807, 2.05) is 45.2 Å². The first-order valence-corrected chi connectivity index (χ1v) is 9.34. The first kappa shape index (κ1) is 23.4. The molecule has 1 heterocycles. The number of carbonyl (C=O) groups is 1. The average molecular weight is 549 g/mol. The van der Waals surface area contributed by atoms with Crippen LogP contribution in [0.25, 0.3) is 0 Å². The standard InChI is InChI=1S/C18H25BrN6O.HI/c1-4-20-18(22-12-15-7-10-23-25(15)3)21-9-8-17(26)24-16-11-14(19)6-5-13(16)2;/h5-7,10-11H,4,8-9,12H2,1-3H3,(H,24,26)(H2,20,21,22);1H. The second kappa shape index (κ2) is 12.0. The second-order valence-corrected chi connectivity index (χ2v) is 6.74. The van der Waals surface area contributed by atoms with Crippen LogP contribution < -0.4 is 16.0 Å². The third-order valence-corrected chi connectivity index (χ3v) is 4.28. The van der Waals surface area contributed by atoms with Gasteiger partial charge in [-0.3, -0.25) is 9.48 Å². The number of aromatic nitrogens is 2. The topological polar surface area (TPSA) is 83.3 Å². The summed E-state index contributed by atoms with van der Waals surface area (Å²) < 4.78 is 2.73. The number of nitrogens with zero attached hydrogens (tertiary/aromatic N) is 3. The molecule has 3 N–H and O–H groups in total. The number of benzene rings is 1. The van der Waals surface area contributed by atoms with Crippen LogP contribution in [0.4, 0.5) is 5.69 Å². The molecule has 1 aromatic heterocycles. The van der Waals surface area contributed by atoms with Crippen molar-refractivity contribution in [3.63, 3.8) is 0 Å². The maximum absolute atomic E-state index is 12.2. The van der Waals surface area contributed by atoms with Crippen LogP contribution in [-0.2, 0) is 18.4 Å². The highest BCUT2D eigenvalue weighted by molar-refractivity contribution is 14.0. The van der Waals surface area contributed by atoms with Gasteiger partial charge in [-0.2, -0.15) is 5.10 Å². The molecule has 2 rings (SSSR count). The number of aryl methyl sites for hydroxylation is 2. The Labute approximate surface area is 185 Å². The Bertz CT molecular complexity index is 777. The minimum Gasteiger partial charge on any atom is -0.357 e. The zero-order chi connectivity index (χ0) is 18.9. The van der Waals surface area contributed by atoms with Crippen molar-refractivity contribution in [2.24, 2.45) is 12.0 Å². The zero-order valence-corrected chi connectivity index (χ0v) is 19.7. The predicted octanol–water partition coefficient (Wildman–Crippen LogP) is 3.19. The lowest BCUT2D eigenvalue weighted by molar-refractivity contribution is -0.116. The van der Waals surface area contributed by atoms with Gasteiger partial charge < -0.3 is 16.0 Å². The molecule has 2 aromatic rings. The van der Waals surface area contributed by atoms with Gasteiger partial charge >= 0.3 is 0 Å². The smallest absolute Gasteiger partial charge is 0.226 e. The molecule has 0 saturated heterocycles. The Morgan fingerprint density at radius 1 is 1.30 bits per heavy atom. The molecule has 0 aliphatic heterocycles. The van der Waals surface area contributed by atoms with E-state index in [-0.39, 0.29) is 29.9 Å². The molecule has 0 aliphatic rings. The van der Waals surface area contributed by atoms with E-state index in [0.717, 1.165) is 28.0 Å². The first-order chi connectivity index (χ1) is 12.5. The second-order valence-electron chi connectivity index (χ2n) is 5.83. The molecule has 148 valence electrons. The third-order valence-electron chi connectivity index (χ3n) is 3.78. The van der Waals surface area contributed by atoms with Crippen LogP contribution >= 0.6 is 39.9 Å². The van der Waals surface area contributed by atoms with E-state index in [4.69, 9.17) is 0 Å². The van der Waals surface area contributed by atoms with Crippen molar-refractivity contribution < 1.29 is 4.79 Å². The maximum atomic E-state index is 12.2. The molecular weight excluding hydrogens is 523 g/mol. The molecule has 27 heavy (non-hydrogen) atoms. The van der Waals surface area contributed by atoms with E-state index >= 15 is 0 Å². The molecule has 9 heteroatoms. The normalized spacial score (nSPS) is 10.9.